The molecular weight excluding hydrogens is 156 g/mol. The number of nitrogens with one attached hydrogen (secondary N) is 2. The summed E-state index contributed by atoms with van der Waals surface area (Å²) in [4.78, 5) is 22.5. The fourth-order valence-corrected chi connectivity index (χ4v) is 1.93. The Bertz CT molecular complexity index is 231. The lowest BCUT2D eigenvalue weighted by atomic mass is 9.82. The van der Waals surface area contributed by atoms with Gasteiger partial charge in [0.25, 0.3) is 0 Å². The molecule has 0 atom stereocenters. The number of rotatable bonds is 1. The third kappa shape index (κ3) is 0.838. The molecule has 0 unspecified atom stereocenters. The van der Waals surface area contributed by atoms with Crippen LogP contribution >= 0.6 is 0 Å². The highest BCUT2D eigenvalue weighted by Gasteiger charge is 2.48. The fourth-order valence-electron chi connectivity index (χ4n) is 1.93. The van der Waals surface area contributed by atoms with E-state index in [1.165, 1.54) is 0 Å². The maximum atomic E-state index is 11.3. The van der Waals surface area contributed by atoms with Crippen LogP contribution in [0, 0.1) is 5.92 Å². The Morgan fingerprint density at radius 1 is 1.42 bits per heavy atom. The summed E-state index contributed by atoms with van der Waals surface area (Å²) in [5, 5.41) is 5.68. The lowest BCUT2D eigenvalue weighted by Gasteiger charge is -2.46. The summed E-state index contributed by atoms with van der Waals surface area (Å²) in [5.74, 6) is -0.642. The van der Waals surface area contributed by atoms with Crippen LogP contribution in [0.15, 0.2) is 0 Å². The summed E-state index contributed by atoms with van der Waals surface area (Å²) in [6, 6.07) is 0. The summed E-state index contributed by atoms with van der Waals surface area (Å²) in [5.41, 5.74) is -0.428. The Kier molecular flexibility index (Phi) is 1.40. The third-order valence-electron chi connectivity index (χ3n) is 2.82. The summed E-state index contributed by atoms with van der Waals surface area (Å²) in [6.45, 7) is 1.96. The predicted molar refractivity (Wildman–Crippen MR) is 42.0 cm³/mol. The molecule has 4 nitrogen and oxygen atoms in total. The Hall–Kier alpha value is -1.06. The van der Waals surface area contributed by atoms with Crippen LogP contribution < -0.4 is 10.6 Å². The molecule has 12 heavy (non-hydrogen) atoms. The van der Waals surface area contributed by atoms with Crippen molar-refractivity contribution in [2.75, 3.05) is 0 Å². The molecule has 2 amide bonds. The van der Waals surface area contributed by atoms with Gasteiger partial charge >= 0.3 is 0 Å². The summed E-state index contributed by atoms with van der Waals surface area (Å²) >= 11 is 0. The minimum atomic E-state index is -0.432. The van der Waals surface area contributed by atoms with Gasteiger partial charge in [0.05, 0.1) is 0 Å². The topological polar surface area (TPSA) is 58.2 Å². The number of piperidine rings is 2. The van der Waals surface area contributed by atoms with E-state index in [1.54, 1.807) is 0 Å². The van der Waals surface area contributed by atoms with E-state index < -0.39 is 11.6 Å². The Labute approximate surface area is 70.7 Å². The lowest BCUT2D eigenvalue weighted by Crippen LogP contribution is -2.71. The van der Waals surface area contributed by atoms with Crippen molar-refractivity contribution in [3.05, 3.63) is 0 Å². The van der Waals surface area contributed by atoms with Gasteiger partial charge in [-0.2, -0.15) is 0 Å². The van der Waals surface area contributed by atoms with Gasteiger partial charge in [-0.3, -0.25) is 9.59 Å². The summed E-state index contributed by atoms with van der Waals surface area (Å²) in [6.07, 6.45) is 2.33. The van der Waals surface area contributed by atoms with Gasteiger partial charge in [-0.25, -0.2) is 0 Å². The highest BCUT2D eigenvalue weighted by atomic mass is 16.2. The maximum absolute atomic E-state index is 11.3. The zero-order valence-corrected chi connectivity index (χ0v) is 7.02. The van der Waals surface area contributed by atoms with Crippen molar-refractivity contribution in [2.24, 2.45) is 5.92 Å². The summed E-state index contributed by atoms with van der Waals surface area (Å²) in [7, 11) is 0. The number of carbonyl (C=O) groups excluding carboxylic acids is 2. The Morgan fingerprint density at radius 2 is 2.00 bits per heavy atom. The standard InChI is InChI=1S/C8H12N2O2/c1-2-8-4-3-5(6(11)9-8)7(12)10-8/h5H,2-4H2,1H3,(H,9,11)(H,10,12). The van der Waals surface area contributed by atoms with Gasteiger partial charge in [0.15, 0.2) is 0 Å². The molecule has 3 saturated heterocycles. The minimum absolute atomic E-state index is 0.105. The fraction of sp³-hybridized carbons (Fsp3) is 0.750. The number of hydrogen-bond acceptors (Lipinski definition) is 2. The van der Waals surface area contributed by atoms with Crippen LogP contribution in [0.3, 0.4) is 0 Å². The van der Waals surface area contributed by atoms with E-state index in [2.05, 4.69) is 10.6 Å². The number of carbonyl (C=O) groups is 2. The maximum Gasteiger partial charge on any atom is 0.234 e. The average Bonchev–Trinajstić information content (AvgIpc) is 2.04. The molecule has 3 rings (SSSR count). The first kappa shape index (κ1) is 7.58. The summed E-state index contributed by atoms with van der Waals surface area (Å²) < 4.78 is 0. The molecule has 0 aromatic heterocycles. The van der Waals surface area contributed by atoms with E-state index in [9.17, 15) is 9.59 Å². The molecule has 66 valence electrons. The zero-order valence-electron chi connectivity index (χ0n) is 7.02. The first-order valence-corrected chi connectivity index (χ1v) is 4.31. The van der Waals surface area contributed by atoms with Gasteiger partial charge in [-0.15, -0.1) is 0 Å². The first-order chi connectivity index (χ1) is 5.67. The second-order valence-corrected chi connectivity index (χ2v) is 3.51. The number of fused-ring (bicyclic) bond motifs is 3. The van der Waals surface area contributed by atoms with E-state index in [4.69, 9.17) is 0 Å². The van der Waals surface area contributed by atoms with E-state index >= 15 is 0 Å². The molecule has 3 aliphatic heterocycles. The monoisotopic (exact) mass is 168 g/mol. The first-order valence-electron chi connectivity index (χ1n) is 4.31. The molecule has 4 heteroatoms. The molecule has 3 fully saturated rings. The molecule has 3 aliphatic rings. The molecule has 0 aromatic carbocycles. The van der Waals surface area contributed by atoms with Crippen molar-refractivity contribution in [1.82, 2.24) is 10.6 Å². The van der Waals surface area contributed by atoms with Crippen molar-refractivity contribution in [3.63, 3.8) is 0 Å². The van der Waals surface area contributed by atoms with Crippen LogP contribution in [0.4, 0.5) is 0 Å². The van der Waals surface area contributed by atoms with Gasteiger partial charge < -0.3 is 10.6 Å². The van der Waals surface area contributed by atoms with Crippen molar-refractivity contribution in [1.29, 1.82) is 0 Å². The normalized spacial score (nSPS) is 39.2. The second kappa shape index (κ2) is 2.21. The third-order valence-corrected chi connectivity index (χ3v) is 2.82. The lowest BCUT2D eigenvalue weighted by molar-refractivity contribution is -0.148. The second-order valence-electron chi connectivity index (χ2n) is 3.51. The van der Waals surface area contributed by atoms with Gasteiger partial charge in [0.1, 0.15) is 11.6 Å². The molecule has 3 heterocycles. The zero-order chi connectivity index (χ0) is 8.77. The molecule has 2 N–H and O–H groups in total. The van der Waals surface area contributed by atoms with Crippen molar-refractivity contribution < 1.29 is 9.59 Å². The van der Waals surface area contributed by atoms with Gasteiger partial charge in [-0.1, -0.05) is 6.92 Å². The van der Waals surface area contributed by atoms with Crippen molar-refractivity contribution in [2.45, 2.75) is 31.8 Å². The van der Waals surface area contributed by atoms with Crippen molar-refractivity contribution >= 4 is 11.8 Å². The van der Waals surface area contributed by atoms with Gasteiger partial charge in [0, 0.05) is 0 Å². The molecule has 0 spiro atoms. The number of amides is 2. The van der Waals surface area contributed by atoms with E-state index in [1.807, 2.05) is 6.92 Å². The highest BCUT2D eigenvalue weighted by Crippen LogP contribution is 2.29. The van der Waals surface area contributed by atoms with E-state index in [-0.39, 0.29) is 11.8 Å². The molecule has 0 radical (unpaired) electrons. The van der Waals surface area contributed by atoms with Crippen LogP contribution in [-0.2, 0) is 9.59 Å². The van der Waals surface area contributed by atoms with Crippen LogP contribution in [-0.4, -0.2) is 17.5 Å². The van der Waals surface area contributed by atoms with E-state index in [0.29, 0.717) is 6.42 Å². The molecule has 0 saturated carbocycles. The van der Waals surface area contributed by atoms with Gasteiger partial charge in [-0.05, 0) is 19.3 Å². The largest absolute Gasteiger partial charge is 0.333 e. The smallest absolute Gasteiger partial charge is 0.234 e. The van der Waals surface area contributed by atoms with Gasteiger partial charge in [0.2, 0.25) is 11.8 Å². The Morgan fingerprint density at radius 3 is 2.42 bits per heavy atom. The van der Waals surface area contributed by atoms with Crippen LogP contribution in [0.25, 0.3) is 0 Å². The number of hydrogen-bond donors (Lipinski definition) is 2. The van der Waals surface area contributed by atoms with Crippen LogP contribution in [0.2, 0.25) is 0 Å². The SMILES string of the molecule is CCC12CCC(C(=O)N1)C(=O)N2. The van der Waals surface area contributed by atoms with Crippen LogP contribution in [0.1, 0.15) is 26.2 Å². The van der Waals surface area contributed by atoms with Crippen LogP contribution in [0.5, 0.6) is 0 Å². The quantitative estimate of drug-likeness (QED) is 0.530. The molecule has 0 aromatic rings. The average molecular weight is 168 g/mol. The van der Waals surface area contributed by atoms with Crippen molar-refractivity contribution in [3.8, 4) is 0 Å². The highest BCUT2D eigenvalue weighted by molar-refractivity contribution is 6.04. The molecular formula is C8H12N2O2. The minimum Gasteiger partial charge on any atom is -0.333 e. The Balaban J connectivity index is 2.29. The molecule has 2 bridgehead atoms. The predicted octanol–water partition coefficient (Wildman–Crippen LogP) is -0.251. The molecule has 0 aliphatic carbocycles. The van der Waals surface area contributed by atoms with E-state index in [0.717, 1.165) is 12.8 Å².